The molecule has 5 nitrogen and oxygen atoms in total. The maximum atomic E-state index is 11.8. The van der Waals surface area contributed by atoms with Crippen molar-refractivity contribution >= 4 is 11.9 Å². The SMILES string of the molecule is COC(=O)CC1NC(C)CCN(C)C1=O. The number of amides is 1. The molecule has 1 aliphatic heterocycles. The van der Waals surface area contributed by atoms with Crippen molar-refractivity contribution < 1.29 is 14.3 Å². The molecule has 5 heteroatoms. The lowest BCUT2D eigenvalue weighted by molar-refractivity contribution is -0.144. The van der Waals surface area contributed by atoms with Crippen molar-refractivity contribution in [2.75, 3.05) is 20.7 Å². The van der Waals surface area contributed by atoms with E-state index in [0.29, 0.717) is 0 Å². The Morgan fingerprint density at radius 2 is 2.33 bits per heavy atom. The van der Waals surface area contributed by atoms with Gasteiger partial charge in [-0.15, -0.1) is 0 Å². The Balaban J connectivity index is 2.65. The zero-order valence-corrected chi connectivity index (χ0v) is 9.45. The van der Waals surface area contributed by atoms with Gasteiger partial charge in [-0.3, -0.25) is 9.59 Å². The molecule has 0 aromatic carbocycles. The topological polar surface area (TPSA) is 58.6 Å². The van der Waals surface area contributed by atoms with Gasteiger partial charge in [0.05, 0.1) is 19.6 Å². The van der Waals surface area contributed by atoms with Crippen LogP contribution in [0.4, 0.5) is 0 Å². The first-order valence-electron chi connectivity index (χ1n) is 5.12. The average Bonchev–Trinajstić information content (AvgIpc) is 2.33. The first-order chi connectivity index (χ1) is 7.04. The van der Waals surface area contributed by atoms with Crippen LogP contribution in [0, 0.1) is 0 Å². The number of hydrogen-bond acceptors (Lipinski definition) is 4. The molecule has 0 spiro atoms. The molecule has 1 saturated heterocycles. The highest BCUT2D eigenvalue weighted by Crippen LogP contribution is 2.08. The quantitative estimate of drug-likeness (QED) is 0.644. The summed E-state index contributed by atoms with van der Waals surface area (Å²) in [5.41, 5.74) is 0. The molecule has 0 bridgehead atoms. The van der Waals surface area contributed by atoms with Crippen molar-refractivity contribution in [3.63, 3.8) is 0 Å². The van der Waals surface area contributed by atoms with E-state index in [1.807, 2.05) is 6.92 Å². The van der Waals surface area contributed by atoms with Crippen LogP contribution < -0.4 is 5.32 Å². The number of methoxy groups -OCH3 is 1. The minimum absolute atomic E-state index is 0.0373. The van der Waals surface area contributed by atoms with Gasteiger partial charge >= 0.3 is 5.97 Å². The molecule has 0 aliphatic carbocycles. The lowest BCUT2D eigenvalue weighted by atomic mass is 10.1. The lowest BCUT2D eigenvalue weighted by Crippen LogP contribution is -2.45. The number of ether oxygens (including phenoxy) is 1. The largest absolute Gasteiger partial charge is 0.469 e. The summed E-state index contributed by atoms with van der Waals surface area (Å²) >= 11 is 0. The smallest absolute Gasteiger partial charge is 0.307 e. The number of esters is 1. The van der Waals surface area contributed by atoms with Crippen LogP contribution in [0.2, 0.25) is 0 Å². The van der Waals surface area contributed by atoms with Gasteiger partial charge in [-0.1, -0.05) is 0 Å². The molecule has 86 valence electrons. The monoisotopic (exact) mass is 214 g/mol. The number of carbonyl (C=O) groups is 2. The highest BCUT2D eigenvalue weighted by Gasteiger charge is 2.29. The summed E-state index contributed by atoms with van der Waals surface area (Å²) in [6.45, 7) is 2.74. The van der Waals surface area contributed by atoms with Gasteiger partial charge in [-0.05, 0) is 13.3 Å². The fourth-order valence-corrected chi connectivity index (χ4v) is 1.66. The normalized spacial score (nSPS) is 27.4. The van der Waals surface area contributed by atoms with Crippen molar-refractivity contribution in [2.45, 2.75) is 31.8 Å². The highest BCUT2D eigenvalue weighted by molar-refractivity contribution is 5.86. The molecule has 0 radical (unpaired) electrons. The number of rotatable bonds is 2. The van der Waals surface area contributed by atoms with Crippen LogP contribution in [-0.4, -0.2) is 49.6 Å². The Labute approximate surface area is 89.8 Å². The molecule has 2 unspecified atom stereocenters. The molecule has 1 aliphatic rings. The first-order valence-corrected chi connectivity index (χ1v) is 5.12. The number of nitrogens with one attached hydrogen (secondary N) is 1. The molecule has 15 heavy (non-hydrogen) atoms. The third kappa shape index (κ3) is 3.20. The summed E-state index contributed by atoms with van der Waals surface area (Å²) in [5, 5.41) is 3.13. The molecule has 0 saturated carbocycles. The summed E-state index contributed by atoms with van der Waals surface area (Å²) in [7, 11) is 3.09. The standard InChI is InChI=1S/C10H18N2O3/c1-7-4-5-12(2)10(14)8(11-7)6-9(13)15-3/h7-8,11H,4-6H2,1-3H3. The van der Waals surface area contributed by atoms with Gasteiger partial charge in [0.15, 0.2) is 0 Å². The van der Waals surface area contributed by atoms with Crippen LogP contribution in [0.1, 0.15) is 19.8 Å². The van der Waals surface area contributed by atoms with Gasteiger partial charge < -0.3 is 15.0 Å². The Morgan fingerprint density at radius 1 is 1.67 bits per heavy atom. The van der Waals surface area contributed by atoms with Crippen LogP contribution in [0.15, 0.2) is 0 Å². The van der Waals surface area contributed by atoms with E-state index in [9.17, 15) is 9.59 Å². The van der Waals surface area contributed by atoms with E-state index in [1.165, 1.54) is 7.11 Å². The third-order valence-electron chi connectivity index (χ3n) is 2.66. The molecule has 0 aromatic heterocycles. The van der Waals surface area contributed by atoms with Crippen LogP contribution in [0.3, 0.4) is 0 Å². The van der Waals surface area contributed by atoms with Gasteiger partial charge in [0.25, 0.3) is 0 Å². The Hall–Kier alpha value is -1.10. The number of nitrogens with zero attached hydrogens (tertiary/aromatic N) is 1. The van der Waals surface area contributed by atoms with E-state index in [0.717, 1.165) is 13.0 Å². The summed E-state index contributed by atoms with van der Waals surface area (Å²) < 4.78 is 4.56. The Morgan fingerprint density at radius 3 is 2.93 bits per heavy atom. The van der Waals surface area contributed by atoms with E-state index in [4.69, 9.17) is 0 Å². The third-order valence-corrected chi connectivity index (χ3v) is 2.66. The highest BCUT2D eigenvalue weighted by atomic mass is 16.5. The number of likely N-dealkylation sites (N-methyl/N-ethyl adjacent to an activating group) is 1. The van der Waals surface area contributed by atoms with Gasteiger partial charge in [-0.25, -0.2) is 0 Å². The van der Waals surface area contributed by atoms with E-state index >= 15 is 0 Å². The van der Waals surface area contributed by atoms with Crippen molar-refractivity contribution in [1.82, 2.24) is 10.2 Å². The maximum absolute atomic E-state index is 11.8. The van der Waals surface area contributed by atoms with Crippen LogP contribution >= 0.6 is 0 Å². The van der Waals surface area contributed by atoms with E-state index in [1.54, 1.807) is 11.9 Å². The second kappa shape index (κ2) is 5.11. The molecule has 0 aromatic rings. The molecule has 1 fully saturated rings. The molecule has 1 rings (SSSR count). The summed E-state index contributed by atoms with van der Waals surface area (Å²) in [5.74, 6) is -0.395. The van der Waals surface area contributed by atoms with Crippen molar-refractivity contribution in [3.05, 3.63) is 0 Å². The lowest BCUT2D eigenvalue weighted by Gasteiger charge is -2.19. The molecular weight excluding hydrogens is 196 g/mol. The van der Waals surface area contributed by atoms with Gasteiger partial charge in [0, 0.05) is 19.6 Å². The zero-order valence-electron chi connectivity index (χ0n) is 9.45. The molecule has 1 amide bonds. The second-order valence-corrected chi connectivity index (χ2v) is 3.95. The van der Waals surface area contributed by atoms with E-state index in [-0.39, 0.29) is 24.3 Å². The van der Waals surface area contributed by atoms with Crippen LogP contribution in [-0.2, 0) is 14.3 Å². The minimum Gasteiger partial charge on any atom is -0.469 e. The molecular formula is C10H18N2O3. The predicted molar refractivity (Wildman–Crippen MR) is 55.3 cm³/mol. The summed E-state index contributed by atoms with van der Waals surface area (Å²) in [4.78, 5) is 24.6. The van der Waals surface area contributed by atoms with Crippen LogP contribution in [0.5, 0.6) is 0 Å². The summed E-state index contributed by atoms with van der Waals surface area (Å²) in [6, 6.07) is -0.200. The predicted octanol–water partition coefficient (Wildman–Crippen LogP) is -0.242. The number of carbonyl (C=O) groups excluding carboxylic acids is 2. The Kier molecular flexibility index (Phi) is 4.08. The molecule has 2 atom stereocenters. The van der Waals surface area contributed by atoms with Gasteiger partial charge in [0.1, 0.15) is 0 Å². The average molecular weight is 214 g/mol. The second-order valence-electron chi connectivity index (χ2n) is 3.95. The van der Waals surface area contributed by atoms with Crippen molar-refractivity contribution in [3.8, 4) is 0 Å². The number of hydrogen-bond donors (Lipinski definition) is 1. The Bertz CT molecular complexity index is 255. The van der Waals surface area contributed by atoms with E-state index in [2.05, 4.69) is 10.1 Å². The fourth-order valence-electron chi connectivity index (χ4n) is 1.66. The molecule has 1 heterocycles. The van der Waals surface area contributed by atoms with E-state index < -0.39 is 6.04 Å². The zero-order chi connectivity index (χ0) is 11.4. The van der Waals surface area contributed by atoms with Crippen LogP contribution in [0.25, 0.3) is 0 Å². The van der Waals surface area contributed by atoms with Gasteiger partial charge in [-0.2, -0.15) is 0 Å². The minimum atomic E-state index is -0.444. The van der Waals surface area contributed by atoms with Crippen molar-refractivity contribution in [2.24, 2.45) is 0 Å². The first kappa shape index (κ1) is 12.0. The van der Waals surface area contributed by atoms with Gasteiger partial charge in [0.2, 0.25) is 5.91 Å². The molecule has 1 N–H and O–H groups in total. The maximum Gasteiger partial charge on any atom is 0.307 e. The summed E-state index contributed by atoms with van der Waals surface area (Å²) in [6.07, 6.45) is 1.00. The fraction of sp³-hybridized carbons (Fsp3) is 0.800. The van der Waals surface area contributed by atoms with Crippen molar-refractivity contribution in [1.29, 1.82) is 0 Å².